The quantitative estimate of drug-likeness (QED) is 0.766. The highest BCUT2D eigenvalue weighted by molar-refractivity contribution is 5.95. The molecule has 3 heterocycles. The number of halogens is 1. The van der Waals surface area contributed by atoms with Crippen LogP contribution in [0, 0.1) is 12.7 Å². The van der Waals surface area contributed by atoms with Gasteiger partial charge in [0.15, 0.2) is 0 Å². The average Bonchev–Trinajstić information content (AvgIpc) is 3.19. The summed E-state index contributed by atoms with van der Waals surface area (Å²) in [6.07, 6.45) is 5.43. The Kier molecular flexibility index (Phi) is 4.71. The average molecular weight is 364 g/mol. The summed E-state index contributed by atoms with van der Waals surface area (Å²) >= 11 is 0. The molecule has 0 bridgehead atoms. The van der Waals surface area contributed by atoms with E-state index < -0.39 is 0 Å². The predicted octanol–water partition coefficient (Wildman–Crippen LogP) is 3.94. The van der Waals surface area contributed by atoms with E-state index in [1.807, 2.05) is 17.0 Å². The topological polar surface area (TPSA) is 61.9 Å². The second-order valence-corrected chi connectivity index (χ2v) is 6.99. The zero-order valence-electron chi connectivity index (χ0n) is 15.2. The molecule has 0 radical (unpaired) electrons. The summed E-state index contributed by atoms with van der Waals surface area (Å²) in [6.45, 7) is 3.12. The van der Waals surface area contributed by atoms with Crippen LogP contribution in [0.15, 0.2) is 48.8 Å². The third kappa shape index (κ3) is 3.60. The third-order valence-corrected chi connectivity index (χ3v) is 5.14. The van der Waals surface area contributed by atoms with E-state index in [9.17, 15) is 9.18 Å². The maximum absolute atomic E-state index is 13.3. The van der Waals surface area contributed by atoms with Crippen molar-refractivity contribution in [2.24, 2.45) is 0 Å². The largest absolute Gasteiger partial charge is 0.338 e. The molecule has 1 fully saturated rings. The van der Waals surface area contributed by atoms with E-state index in [1.165, 1.54) is 12.1 Å². The Morgan fingerprint density at radius 3 is 2.81 bits per heavy atom. The number of piperidine rings is 1. The fourth-order valence-electron chi connectivity index (χ4n) is 3.67. The molecule has 5 nitrogen and oxygen atoms in total. The first kappa shape index (κ1) is 17.4. The van der Waals surface area contributed by atoms with E-state index in [0.29, 0.717) is 17.7 Å². The van der Waals surface area contributed by atoms with Gasteiger partial charge in [-0.25, -0.2) is 4.39 Å². The highest BCUT2D eigenvalue weighted by atomic mass is 19.1. The monoisotopic (exact) mass is 364 g/mol. The van der Waals surface area contributed by atoms with Crippen LogP contribution in [-0.2, 0) is 0 Å². The zero-order valence-corrected chi connectivity index (χ0v) is 15.2. The van der Waals surface area contributed by atoms with E-state index >= 15 is 0 Å². The number of aromatic nitrogens is 3. The van der Waals surface area contributed by atoms with Crippen molar-refractivity contribution in [1.29, 1.82) is 0 Å². The molecular formula is C21H21FN4O. The number of pyridine rings is 1. The van der Waals surface area contributed by atoms with Crippen molar-refractivity contribution in [3.8, 4) is 11.3 Å². The predicted molar refractivity (Wildman–Crippen MR) is 101 cm³/mol. The number of nitrogens with zero attached hydrogens (tertiary/aromatic N) is 3. The van der Waals surface area contributed by atoms with Gasteiger partial charge < -0.3 is 4.90 Å². The van der Waals surface area contributed by atoms with Gasteiger partial charge in [-0.15, -0.1) is 0 Å². The lowest BCUT2D eigenvalue weighted by atomic mass is 9.93. The van der Waals surface area contributed by atoms with Gasteiger partial charge in [0.2, 0.25) is 0 Å². The molecule has 1 aliphatic heterocycles. The van der Waals surface area contributed by atoms with Gasteiger partial charge in [0.05, 0.1) is 5.69 Å². The molecule has 1 aliphatic rings. The van der Waals surface area contributed by atoms with Crippen LogP contribution in [0.5, 0.6) is 0 Å². The fourth-order valence-corrected chi connectivity index (χ4v) is 3.67. The summed E-state index contributed by atoms with van der Waals surface area (Å²) in [4.78, 5) is 18.8. The minimum absolute atomic E-state index is 0.0360. The van der Waals surface area contributed by atoms with Gasteiger partial charge in [0.25, 0.3) is 5.91 Å². The van der Waals surface area contributed by atoms with Gasteiger partial charge in [-0.1, -0.05) is 0 Å². The molecule has 1 saturated heterocycles. The zero-order chi connectivity index (χ0) is 18.8. The molecule has 1 amide bonds. The normalized spacial score (nSPS) is 17.1. The molecule has 6 heteroatoms. The van der Waals surface area contributed by atoms with Crippen LogP contribution in [0.4, 0.5) is 4.39 Å². The lowest BCUT2D eigenvalue weighted by Gasteiger charge is -2.32. The number of rotatable bonds is 3. The molecule has 0 aliphatic carbocycles. The fraction of sp³-hybridized carbons (Fsp3) is 0.286. The Morgan fingerprint density at radius 1 is 1.22 bits per heavy atom. The summed E-state index contributed by atoms with van der Waals surface area (Å²) in [7, 11) is 0. The van der Waals surface area contributed by atoms with Gasteiger partial charge in [-0.05, 0) is 61.7 Å². The molecule has 0 spiro atoms. The van der Waals surface area contributed by atoms with Crippen molar-refractivity contribution < 1.29 is 9.18 Å². The SMILES string of the molecule is Cc1cc(F)ccc1C(=O)N1CCC[C@H](c2cc(-c3ccncc3)n[nH]2)C1. The Bertz CT molecular complexity index is 954. The van der Waals surface area contributed by atoms with E-state index in [-0.39, 0.29) is 17.6 Å². The van der Waals surface area contributed by atoms with Gasteiger partial charge in [-0.2, -0.15) is 5.10 Å². The minimum Gasteiger partial charge on any atom is -0.338 e. The van der Waals surface area contributed by atoms with Crippen molar-refractivity contribution in [3.63, 3.8) is 0 Å². The van der Waals surface area contributed by atoms with E-state index in [4.69, 9.17) is 0 Å². The highest BCUT2D eigenvalue weighted by Gasteiger charge is 2.27. The number of nitrogens with one attached hydrogen (secondary N) is 1. The lowest BCUT2D eigenvalue weighted by molar-refractivity contribution is 0.0705. The van der Waals surface area contributed by atoms with Crippen LogP contribution in [0.1, 0.15) is 40.4 Å². The van der Waals surface area contributed by atoms with E-state index in [0.717, 1.165) is 36.3 Å². The van der Waals surface area contributed by atoms with E-state index in [1.54, 1.807) is 25.4 Å². The third-order valence-electron chi connectivity index (χ3n) is 5.14. The highest BCUT2D eigenvalue weighted by Crippen LogP contribution is 2.29. The van der Waals surface area contributed by atoms with Gasteiger partial charge >= 0.3 is 0 Å². The number of hydrogen-bond acceptors (Lipinski definition) is 3. The molecule has 2 aromatic heterocycles. The first-order valence-corrected chi connectivity index (χ1v) is 9.13. The number of carbonyl (C=O) groups is 1. The standard InChI is InChI=1S/C21H21FN4O/c1-14-11-17(22)4-5-18(14)21(27)26-10-2-3-16(13-26)20-12-19(24-25-20)15-6-8-23-9-7-15/h4-9,11-12,16H,2-3,10,13H2,1H3,(H,24,25)/t16-/m0/s1. The summed E-state index contributed by atoms with van der Waals surface area (Å²) in [6, 6.07) is 10.2. The van der Waals surface area contributed by atoms with Crippen LogP contribution < -0.4 is 0 Å². The molecular weight excluding hydrogens is 343 g/mol. The number of amides is 1. The number of aromatic amines is 1. The first-order valence-electron chi connectivity index (χ1n) is 9.13. The summed E-state index contributed by atoms with van der Waals surface area (Å²) in [5.41, 5.74) is 4.17. The van der Waals surface area contributed by atoms with Crippen molar-refractivity contribution in [2.45, 2.75) is 25.7 Å². The van der Waals surface area contributed by atoms with Crippen molar-refractivity contribution >= 4 is 5.91 Å². The second-order valence-electron chi connectivity index (χ2n) is 6.99. The van der Waals surface area contributed by atoms with Crippen molar-refractivity contribution in [2.75, 3.05) is 13.1 Å². The smallest absolute Gasteiger partial charge is 0.254 e. The molecule has 4 rings (SSSR count). The van der Waals surface area contributed by atoms with Crippen LogP contribution in [0.25, 0.3) is 11.3 Å². The molecule has 0 saturated carbocycles. The van der Waals surface area contributed by atoms with Gasteiger partial charge in [0.1, 0.15) is 5.82 Å². The van der Waals surface area contributed by atoms with Gasteiger partial charge in [0, 0.05) is 48.2 Å². The molecule has 138 valence electrons. The molecule has 0 unspecified atom stereocenters. The number of hydrogen-bond donors (Lipinski definition) is 1. The number of aryl methyl sites for hydroxylation is 1. The minimum atomic E-state index is -0.318. The van der Waals surface area contributed by atoms with Crippen LogP contribution in [0.3, 0.4) is 0 Å². The van der Waals surface area contributed by atoms with Crippen molar-refractivity contribution in [1.82, 2.24) is 20.1 Å². The molecule has 1 aromatic carbocycles. The second kappa shape index (κ2) is 7.31. The Hall–Kier alpha value is -3.02. The Balaban J connectivity index is 1.51. The van der Waals surface area contributed by atoms with Gasteiger partial charge in [-0.3, -0.25) is 14.9 Å². The maximum atomic E-state index is 13.3. The summed E-state index contributed by atoms with van der Waals surface area (Å²) in [5, 5.41) is 7.55. The number of carbonyl (C=O) groups excluding carboxylic acids is 1. The summed E-state index contributed by atoms with van der Waals surface area (Å²) < 4.78 is 13.3. The molecule has 1 atom stereocenters. The Morgan fingerprint density at radius 2 is 2.04 bits per heavy atom. The number of H-pyrrole nitrogens is 1. The Labute approximate surface area is 157 Å². The lowest BCUT2D eigenvalue weighted by Crippen LogP contribution is -2.39. The summed E-state index contributed by atoms with van der Waals surface area (Å²) in [5.74, 6) is -0.140. The first-order chi connectivity index (χ1) is 13.1. The van der Waals surface area contributed by atoms with Crippen LogP contribution >= 0.6 is 0 Å². The molecule has 27 heavy (non-hydrogen) atoms. The van der Waals surface area contributed by atoms with E-state index in [2.05, 4.69) is 21.2 Å². The van der Waals surface area contributed by atoms with Crippen LogP contribution in [0.2, 0.25) is 0 Å². The number of benzene rings is 1. The van der Waals surface area contributed by atoms with Crippen molar-refractivity contribution in [3.05, 3.63) is 71.4 Å². The molecule has 1 N–H and O–H groups in total. The molecule has 3 aromatic rings. The maximum Gasteiger partial charge on any atom is 0.254 e. The van der Waals surface area contributed by atoms with Crippen LogP contribution in [-0.4, -0.2) is 39.1 Å². The number of likely N-dealkylation sites (tertiary alicyclic amines) is 1.